The maximum atomic E-state index is 12.9. The number of hydrogen-bond acceptors (Lipinski definition) is 6. The quantitative estimate of drug-likeness (QED) is 0.509. The molecule has 0 saturated carbocycles. The molecule has 1 aliphatic rings. The Morgan fingerprint density at radius 1 is 1.21 bits per heavy atom. The Bertz CT molecular complexity index is 1140. The zero-order chi connectivity index (χ0) is 20.5. The highest BCUT2D eigenvalue weighted by atomic mass is 32.2. The van der Waals surface area contributed by atoms with Crippen LogP contribution in [0.4, 0.5) is 11.5 Å². The van der Waals surface area contributed by atoms with E-state index in [0.717, 1.165) is 0 Å². The summed E-state index contributed by atoms with van der Waals surface area (Å²) in [6.45, 7) is 0. The predicted octanol–water partition coefficient (Wildman–Crippen LogP) is 2.80. The monoisotopic (exact) mass is 412 g/mol. The maximum absolute atomic E-state index is 12.9. The SMILES string of the molecule is COc1ccc(-n2nc3c(c2NC(=O)c2ccccc2[N+](=O)[O-])CS(=O)C3)cc1. The number of ether oxygens (including phenoxy) is 1. The number of aromatic nitrogens is 2. The molecule has 1 unspecified atom stereocenters. The Balaban J connectivity index is 1.76. The summed E-state index contributed by atoms with van der Waals surface area (Å²) < 4.78 is 18.7. The van der Waals surface area contributed by atoms with E-state index in [1.807, 2.05) is 0 Å². The van der Waals surface area contributed by atoms with Gasteiger partial charge in [-0.2, -0.15) is 5.10 Å². The molecule has 1 aromatic heterocycles. The van der Waals surface area contributed by atoms with E-state index in [1.54, 1.807) is 42.1 Å². The number of para-hydroxylation sites is 1. The van der Waals surface area contributed by atoms with E-state index in [1.165, 1.54) is 18.2 Å². The van der Waals surface area contributed by atoms with Gasteiger partial charge in [0.25, 0.3) is 11.6 Å². The second kappa shape index (κ2) is 7.47. The minimum atomic E-state index is -1.09. The van der Waals surface area contributed by atoms with E-state index in [2.05, 4.69) is 10.4 Å². The average molecular weight is 412 g/mol. The Labute approximate surface area is 167 Å². The largest absolute Gasteiger partial charge is 0.497 e. The molecule has 0 bridgehead atoms. The third-order valence-corrected chi connectivity index (χ3v) is 5.77. The Morgan fingerprint density at radius 3 is 2.62 bits per heavy atom. The van der Waals surface area contributed by atoms with Gasteiger partial charge >= 0.3 is 0 Å². The molecule has 148 valence electrons. The topological polar surface area (TPSA) is 116 Å². The normalized spacial score (nSPS) is 15.0. The number of fused-ring (bicyclic) bond motifs is 1. The van der Waals surface area contributed by atoms with E-state index in [9.17, 15) is 19.1 Å². The number of rotatable bonds is 5. The first-order chi connectivity index (χ1) is 14.0. The number of hydrogen-bond donors (Lipinski definition) is 1. The van der Waals surface area contributed by atoms with Crippen molar-refractivity contribution in [2.75, 3.05) is 12.4 Å². The predicted molar refractivity (Wildman–Crippen MR) is 107 cm³/mol. The number of nitro groups is 1. The van der Waals surface area contributed by atoms with Crippen LogP contribution in [0.1, 0.15) is 21.6 Å². The fourth-order valence-corrected chi connectivity index (χ4v) is 4.43. The van der Waals surface area contributed by atoms with Crippen molar-refractivity contribution in [3.63, 3.8) is 0 Å². The fraction of sp³-hybridized carbons (Fsp3) is 0.158. The number of carbonyl (C=O) groups is 1. The van der Waals surface area contributed by atoms with Crippen molar-refractivity contribution < 1.29 is 18.7 Å². The summed E-state index contributed by atoms with van der Waals surface area (Å²) >= 11 is 0. The molecular weight excluding hydrogens is 396 g/mol. The molecule has 1 amide bonds. The highest BCUT2D eigenvalue weighted by Gasteiger charge is 2.29. The molecule has 10 heteroatoms. The number of amides is 1. The second-order valence-electron chi connectivity index (χ2n) is 6.34. The molecule has 3 aromatic rings. The summed E-state index contributed by atoms with van der Waals surface area (Å²) in [5.74, 6) is 0.955. The van der Waals surface area contributed by atoms with Crippen molar-refractivity contribution in [1.82, 2.24) is 9.78 Å². The van der Waals surface area contributed by atoms with Gasteiger partial charge in [0.1, 0.15) is 17.1 Å². The molecule has 1 N–H and O–H groups in total. The van der Waals surface area contributed by atoms with Crippen LogP contribution in [0.3, 0.4) is 0 Å². The van der Waals surface area contributed by atoms with Gasteiger partial charge in [-0.15, -0.1) is 0 Å². The molecule has 1 aliphatic heterocycles. The molecule has 1 atom stereocenters. The van der Waals surface area contributed by atoms with Gasteiger partial charge in [0, 0.05) is 22.4 Å². The molecule has 9 nitrogen and oxygen atoms in total. The van der Waals surface area contributed by atoms with Gasteiger partial charge in [-0.1, -0.05) is 12.1 Å². The summed E-state index contributed by atoms with van der Waals surface area (Å²) in [7, 11) is 0.466. The number of carbonyl (C=O) groups excluding carboxylic acids is 1. The first-order valence-corrected chi connectivity index (χ1v) is 10.1. The van der Waals surface area contributed by atoms with Gasteiger partial charge in [-0.25, -0.2) is 4.68 Å². The smallest absolute Gasteiger partial charge is 0.282 e. The van der Waals surface area contributed by atoms with E-state index < -0.39 is 21.6 Å². The number of nitro benzene ring substituents is 1. The maximum Gasteiger partial charge on any atom is 0.282 e. The average Bonchev–Trinajstić information content (AvgIpc) is 3.25. The molecule has 0 saturated heterocycles. The van der Waals surface area contributed by atoms with Crippen LogP contribution < -0.4 is 10.1 Å². The number of anilines is 1. The van der Waals surface area contributed by atoms with Crippen LogP contribution in [0.5, 0.6) is 5.75 Å². The van der Waals surface area contributed by atoms with Crippen molar-refractivity contribution in [3.05, 3.63) is 75.5 Å². The molecule has 2 aromatic carbocycles. The lowest BCUT2D eigenvalue weighted by molar-refractivity contribution is -0.385. The van der Waals surface area contributed by atoms with Crippen molar-refractivity contribution in [2.24, 2.45) is 0 Å². The molecule has 0 spiro atoms. The van der Waals surface area contributed by atoms with Crippen molar-refractivity contribution >= 4 is 28.2 Å². The van der Waals surface area contributed by atoms with Gasteiger partial charge in [-0.05, 0) is 30.3 Å². The number of methoxy groups -OCH3 is 1. The lowest BCUT2D eigenvalue weighted by Crippen LogP contribution is -2.17. The minimum Gasteiger partial charge on any atom is -0.497 e. The Hall–Kier alpha value is -3.53. The van der Waals surface area contributed by atoms with E-state index >= 15 is 0 Å². The minimum absolute atomic E-state index is 0.0622. The summed E-state index contributed by atoms with van der Waals surface area (Å²) in [5, 5.41) is 18.5. The molecule has 0 fully saturated rings. The van der Waals surface area contributed by atoms with Crippen LogP contribution >= 0.6 is 0 Å². The van der Waals surface area contributed by atoms with Crippen LogP contribution in [-0.2, 0) is 22.3 Å². The van der Waals surface area contributed by atoms with Crippen molar-refractivity contribution in [2.45, 2.75) is 11.5 Å². The third kappa shape index (κ3) is 3.49. The molecule has 2 heterocycles. The van der Waals surface area contributed by atoms with E-state index in [4.69, 9.17) is 4.74 Å². The van der Waals surface area contributed by atoms with Gasteiger partial charge < -0.3 is 10.1 Å². The number of nitrogens with one attached hydrogen (secondary N) is 1. The highest BCUT2D eigenvalue weighted by molar-refractivity contribution is 7.83. The van der Waals surface area contributed by atoms with Crippen molar-refractivity contribution in [1.29, 1.82) is 0 Å². The zero-order valence-corrected chi connectivity index (χ0v) is 16.1. The van der Waals surface area contributed by atoms with Gasteiger partial charge in [0.15, 0.2) is 0 Å². The summed E-state index contributed by atoms with van der Waals surface area (Å²) in [4.78, 5) is 23.5. The molecule has 29 heavy (non-hydrogen) atoms. The first kappa shape index (κ1) is 18.8. The standard InChI is InChI=1S/C19H16N4O5S/c1-28-13-8-6-12(7-9-13)22-18(15-10-29(27)11-16(15)21-22)20-19(24)14-4-2-3-5-17(14)23(25)26/h2-9H,10-11H2,1H3,(H,20,24). The molecule has 4 rings (SSSR count). The van der Waals surface area contributed by atoms with Crippen LogP contribution in [-0.4, -0.2) is 31.9 Å². The lowest BCUT2D eigenvalue weighted by Gasteiger charge is -2.11. The zero-order valence-electron chi connectivity index (χ0n) is 15.3. The number of nitrogens with zero attached hydrogens (tertiary/aromatic N) is 3. The van der Waals surface area contributed by atoms with Crippen molar-refractivity contribution in [3.8, 4) is 11.4 Å². The lowest BCUT2D eigenvalue weighted by atomic mass is 10.1. The first-order valence-electron chi connectivity index (χ1n) is 8.63. The van der Waals surface area contributed by atoms with E-state index in [-0.39, 0.29) is 17.0 Å². The van der Waals surface area contributed by atoms with Gasteiger partial charge in [0.2, 0.25) is 0 Å². The van der Waals surface area contributed by atoms with Crippen LogP contribution in [0.25, 0.3) is 5.69 Å². The van der Waals surface area contributed by atoms with E-state index in [0.29, 0.717) is 34.3 Å². The van der Waals surface area contributed by atoms with Crippen LogP contribution in [0.2, 0.25) is 0 Å². The second-order valence-corrected chi connectivity index (χ2v) is 7.80. The molecule has 0 radical (unpaired) electrons. The molecular formula is C19H16N4O5S. The van der Waals surface area contributed by atoms with Crippen LogP contribution in [0.15, 0.2) is 48.5 Å². The number of benzene rings is 2. The summed E-state index contributed by atoms with van der Waals surface area (Å²) in [6.07, 6.45) is 0. The highest BCUT2D eigenvalue weighted by Crippen LogP contribution is 2.32. The van der Waals surface area contributed by atoms with Gasteiger partial charge in [-0.3, -0.25) is 19.1 Å². The Kier molecular flexibility index (Phi) is 4.85. The third-order valence-electron chi connectivity index (χ3n) is 4.56. The fourth-order valence-electron chi connectivity index (χ4n) is 3.17. The Morgan fingerprint density at radius 2 is 1.93 bits per heavy atom. The van der Waals surface area contributed by atoms with Crippen LogP contribution in [0, 0.1) is 10.1 Å². The summed E-state index contributed by atoms with van der Waals surface area (Å²) in [6, 6.07) is 12.8. The molecule has 0 aliphatic carbocycles. The van der Waals surface area contributed by atoms with Gasteiger partial charge in [0.05, 0.1) is 34.9 Å². The summed E-state index contributed by atoms with van der Waals surface area (Å²) in [5.41, 5.74) is 1.63.